The normalized spacial score (nSPS) is 22.8. The van der Waals surface area contributed by atoms with Crippen LogP contribution >= 0.6 is 0 Å². The Morgan fingerprint density at radius 1 is 0.824 bits per heavy atom. The number of nitrogens with one attached hydrogen (secondary N) is 4. The number of hydrogen-bond donors (Lipinski definition) is 5. The molecule has 6 heteroatoms. The Balaban J connectivity index is 2.26. The molecule has 0 spiro atoms. The molecule has 100 valence electrons. The van der Waals surface area contributed by atoms with E-state index in [1.54, 1.807) is 0 Å². The van der Waals surface area contributed by atoms with Crippen molar-refractivity contribution in [2.24, 2.45) is 5.92 Å². The van der Waals surface area contributed by atoms with Crippen molar-refractivity contribution in [1.29, 1.82) is 0 Å². The van der Waals surface area contributed by atoms with Gasteiger partial charge in [0.05, 0.1) is 5.92 Å². The maximum Gasteiger partial charge on any atom is 0.309 e. The predicted octanol–water partition coefficient (Wildman–Crippen LogP) is -1.55. The van der Waals surface area contributed by atoms with Crippen molar-refractivity contribution >= 4 is 5.97 Å². The van der Waals surface area contributed by atoms with Crippen molar-refractivity contribution in [2.45, 2.75) is 6.42 Å². The van der Waals surface area contributed by atoms with Gasteiger partial charge in [0.1, 0.15) is 0 Å². The Hall–Kier alpha value is -0.690. The van der Waals surface area contributed by atoms with Crippen LogP contribution in [0.25, 0.3) is 0 Å². The van der Waals surface area contributed by atoms with E-state index >= 15 is 0 Å². The molecule has 0 aliphatic carbocycles. The van der Waals surface area contributed by atoms with Crippen LogP contribution in [0.5, 0.6) is 0 Å². The first-order valence-corrected chi connectivity index (χ1v) is 6.36. The van der Waals surface area contributed by atoms with Gasteiger partial charge < -0.3 is 26.4 Å². The third-order valence-corrected chi connectivity index (χ3v) is 2.79. The Morgan fingerprint density at radius 3 is 1.76 bits per heavy atom. The van der Waals surface area contributed by atoms with Gasteiger partial charge in [0.15, 0.2) is 0 Å². The Labute approximate surface area is 103 Å². The molecule has 0 saturated carbocycles. The summed E-state index contributed by atoms with van der Waals surface area (Å²) in [5, 5.41) is 22.0. The molecular weight excluding hydrogens is 220 g/mol. The number of hydrogen-bond acceptors (Lipinski definition) is 5. The molecule has 6 nitrogen and oxygen atoms in total. The van der Waals surface area contributed by atoms with Gasteiger partial charge in [-0.3, -0.25) is 4.79 Å². The molecule has 0 aromatic rings. The van der Waals surface area contributed by atoms with Gasteiger partial charge in [-0.15, -0.1) is 0 Å². The summed E-state index contributed by atoms with van der Waals surface area (Å²) in [4.78, 5) is 11.0. The predicted molar refractivity (Wildman–Crippen MR) is 67.2 cm³/mol. The summed E-state index contributed by atoms with van der Waals surface area (Å²) < 4.78 is 0. The monoisotopic (exact) mass is 244 g/mol. The van der Waals surface area contributed by atoms with Crippen LogP contribution in [0, 0.1) is 5.92 Å². The van der Waals surface area contributed by atoms with Crippen molar-refractivity contribution in [3.63, 3.8) is 0 Å². The maximum absolute atomic E-state index is 11.0. The zero-order valence-electron chi connectivity index (χ0n) is 10.3. The molecular formula is C11H24N4O2. The minimum Gasteiger partial charge on any atom is -0.481 e. The number of rotatable bonds is 1. The highest BCUT2D eigenvalue weighted by molar-refractivity contribution is 5.70. The molecule has 1 aliphatic heterocycles. The summed E-state index contributed by atoms with van der Waals surface area (Å²) in [5.74, 6) is -1.09. The zero-order valence-corrected chi connectivity index (χ0v) is 10.3. The first-order valence-electron chi connectivity index (χ1n) is 6.36. The van der Waals surface area contributed by atoms with E-state index in [-0.39, 0.29) is 5.92 Å². The van der Waals surface area contributed by atoms with E-state index < -0.39 is 5.97 Å². The molecule has 0 aromatic heterocycles. The highest BCUT2D eigenvalue weighted by atomic mass is 16.4. The maximum atomic E-state index is 11.0. The molecule has 0 aromatic carbocycles. The fraction of sp³-hybridized carbons (Fsp3) is 0.909. The van der Waals surface area contributed by atoms with E-state index in [1.165, 1.54) is 0 Å². The third kappa shape index (κ3) is 7.27. The SMILES string of the molecule is O=C(O)C1CNCCNCCCNCCNC1. The molecule has 1 rings (SSSR count). The van der Waals surface area contributed by atoms with E-state index in [0.717, 1.165) is 45.7 Å². The van der Waals surface area contributed by atoms with Crippen LogP contribution in [0.2, 0.25) is 0 Å². The summed E-state index contributed by atoms with van der Waals surface area (Å²) >= 11 is 0. The fourth-order valence-electron chi connectivity index (χ4n) is 1.74. The van der Waals surface area contributed by atoms with Crippen LogP contribution in [0.4, 0.5) is 0 Å². The lowest BCUT2D eigenvalue weighted by Gasteiger charge is -2.15. The summed E-state index contributed by atoms with van der Waals surface area (Å²) in [6.07, 6.45) is 1.12. The van der Waals surface area contributed by atoms with Crippen LogP contribution in [0.15, 0.2) is 0 Å². The van der Waals surface area contributed by atoms with Gasteiger partial charge >= 0.3 is 5.97 Å². The summed E-state index contributed by atoms with van der Waals surface area (Å²) in [5.41, 5.74) is 0. The lowest BCUT2D eigenvalue weighted by atomic mass is 10.1. The van der Waals surface area contributed by atoms with E-state index in [1.807, 2.05) is 0 Å². The van der Waals surface area contributed by atoms with Gasteiger partial charge in [-0.2, -0.15) is 0 Å². The largest absolute Gasteiger partial charge is 0.481 e. The van der Waals surface area contributed by atoms with Gasteiger partial charge in [-0.1, -0.05) is 0 Å². The molecule has 1 fully saturated rings. The molecule has 5 N–H and O–H groups in total. The molecule has 0 radical (unpaired) electrons. The first kappa shape index (κ1) is 14.4. The Morgan fingerprint density at radius 2 is 1.29 bits per heavy atom. The van der Waals surface area contributed by atoms with Crippen molar-refractivity contribution in [1.82, 2.24) is 21.3 Å². The minimum absolute atomic E-state index is 0.349. The molecule has 0 unspecified atom stereocenters. The quantitative estimate of drug-likeness (QED) is 0.384. The zero-order chi connectivity index (χ0) is 12.3. The van der Waals surface area contributed by atoms with E-state index in [9.17, 15) is 4.79 Å². The summed E-state index contributed by atoms with van der Waals surface area (Å²) in [6.45, 7) is 6.47. The molecule has 17 heavy (non-hydrogen) atoms. The van der Waals surface area contributed by atoms with Crippen LogP contribution < -0.4 is 21.3 Å². The molecule has 1 saturated heterocycles. The minimum atomic E-state index is -0.738. The van der Waals surface area contributed by atoms with Gasteiger partial charge in [-0.05, 0) is 19.5 Å². The van der Waals surface area contributed by atoms with E-state index in [0.29, 0.717) is 13.1 Å². The molecule has 0 amide bonds. The second kappa shape index (κ2) is 9.35. The Kier molecular flexibility index (Phi) is 7.91. The smallest absolute Gasteiger partial charge is 0.309 e. The molecule has 1 aliphatic rings. The summed E-state index contributed by atoms with van der Waals surface area (Å²) in [6, 6.07) is 0. The van der Waals surface area contributed by atoms with Crippen molar-refractivity contribution in [3.8, 4) is 0 Å². The average Bonchev–Trinajstić information content (AvgIpc) is 2.31. The lowest BCUT2D eigenvalue weighted by molar-refractivity contribution is -0.141. The number of carbonyl (C=O) groups is 1. The number of aliphatic carboxylic acids is 1. The van der Waals surface area contributed by atoms with Crippen molar-refractivity contribution < 1.29 is 9.90 Å². The van der Waals surface area contributed by atoms with Gasteiger partial charge in [-0.25, -0.2) is 0 Å². The van der Waals surface area contributed by atoms with Crippen LogP contribution in [0.1, 0.15) is 6.42 Å². The van der Waals surface area contributed by atoms with Gasteiger partial charge in [0.25, 0.3) is 0 Å². The van der Waals surface area contributed by atoms with Crippen molar-refractivity contribution in [2.75, 3.05) is 52.4 Å². The van der Waals surface area contributed by atoms with Crippen molar-refractivity contribution in [3.05, 3.63) is 0 Å². The first-order chi connectivity index (χ1) is 8.30. The van der Waals surface area contributed by atoms with E-state index in [4.69, 9.17) is 5.11 Å². The van der Waals surface area contributed by atoms with Crippen LogP contribution in [-0.2, 0) is 4.79 Å². The average molecular weight is 244 g/mol. The highest BCUT2D eigenvalue weighted by Gasteiger charge is 2.15. The topological polar surface area (TPSA) is 85.4 Å². The highest BCUT2D eigenvalue weighted by Crippen LogP contribution is 1.92. The molecule has 0 atom stereocenters. The van der Waals surface area contributed by atoms with Gasteiger partial charge in [0, 0.05) is 39.3 Å². The lowest BCUT2D eigenvalue weighted by Crippen LogP contribution is -2.41. The number of carboxylic acids is 1. The van der Waals surface area contributed by atoms with Gasteiger partial charge in [0.2, 0.25) is 0 Å². The number of carboxylic acid groups (broad SMARTS) is 1. The molecule has 1 heterocycles. The second-order valence-electron chi connectivity index (χ2n) is 4.30. The van der Waals surface area contributed by atoms with Crippen LogP contribution in [0.3, 0.4) is 0 Å². The van der Waals surface area contributed by atoms with Crippen LogP contribution in [-0.4, -0.2) is 63.4 Å². The second-order valence-corrected chi connectivity index (χ2v) is 4.30. The fourth-order valence-corrected chi connectivity index (χ4v) is 1.74. The van der Waals surface area contributed by atoms with E-state index in [2.05, 4.69) is 21.3 Å². The standard InChI is InChI=1S/C11H24N4O2/c16-11(17)10-8-14-6-4-12-2-1-3-13-5-7-15-9-10/h10,12-15H,1-9H2,(H,16,17). The Bertz CT molecular complexity index is 200. The third-order valence-electron chi connectivity index (χ3n) is 2.79. The molecule has 0 bridgehead atoms. The summed E-state index contributed by atoms with van der Waals surface area (Å²) in [7, 11) is 0.